The van der Waals surface area contributed by atoms with Gasteiger partial charge in [-0.1, -0.05) is 42.8 Å². The summed E-state index contributed by atoms with van der Waals surface area (Å²) in [5.41, 5.74) is 1.37. The normalized spacial score (nSPS) is 17.5. The number of halogens is 1. The number of aryl methyl sites for hydroxylation is 1. The van der Waals surface area contributed by atoms with E-state index in [9.17, 15) is 13.5 Å². The number of alkyl halides is 1. The molecule has 0 aromatic heterocycles. The van der Waals surface area contributed by atoms with Crippen LogP contribution in [0.15, 0.2) is 24.3 Å². The third-order valence-corrected chi connectivity index (χ3v) is 6.05. The molecule has 2 atom stereocenters. The van der Waals surface area contributed by atoms with Gasteiger partial charge in [0.2, 0.25) is 0 Å². The van der Waals surface area contributed by atoms with Crippen LogP contribution in [0.2, 0.25) is 0 Å². The van der Waals surface area contributed by atoms with E-state index < -0.39 is 20.1 Å². The standard InChI is InChI=1S/C12H17ClO3S/c1-4-12(13,17(3,15)16)11(14)10-8-6-5-7-9(10)2/h5-8,11,14H,4H2,1-3H3/t11-,12-/m1/s1. The first kappa shape index (κ1) is 14.5. The number of hydrogen-bond donors (Lipinski definition) is 1. The van der Waals surface area contributed by atoms with Gasteiger partial charge >= 0.3 is 0 Å². The molecule has 0 radical (unpaired) electrons. The predicted molar refractivity (Wildman–Crippen MR) is 69.9 cm³/mol. The van der Waals surface area contributed by atoms with E-state index in [0.717, 1.165) is 11.8 Å². The first-order valence-electron chi connectivity index (χ1n) is 5.36. The predicted octanol–water partition coefficient (Wildman–Crippen LogP) is 2.42. The average Bonchev–Trinajstić information content (AvgIpc) is 2.26. The highest BCUT2D eigenvalue weighted by atomic mass is 35.5. The molecule has 0 aliphatic carbocycles. The first-order chi connectivity index (χ1) is 7.74. The maximum atomic E-state index is 11.7. The van der Waals surface area contributed by atoms with Crippen molar-refractivity contribution in [2.75, 3.05) is 6.26 Å². The van der Waals surface area contributed by atoms with Crippen LogP contribution in [-0.2, 0) is 9.84 Å². The molecule has 17 heavy (non-hydrogen) atoms. The molecule has 0 aliphatic heterocycles. The third kappa shape index (κ3) is 2.64. The van der Waals surface area contributed by atoms with Crippen molar-refractivity contribution < 1.29 is 13.5 Å². The molecule has 96 valence electrons. The Morgan fingerprint density at radius 3 is 2.35 bits per heavy atom. The SMILES string of the molecule is CC[C@](Cl)([C@H](O)c1ccccc1C)S(C)(=O)=O. The fourth-order valence-corrected chi connectivity index (χ4v) is 2.96. The second-order valence-corrected chi connectivity index (χ2v) is 7.34. The Morgan fingerprint density at radius 2 is 1.94 bits per heavy atom. The summed E-state index contributed by atoms with van der Waals surface area (Å²) in [6.45, 7) is 3.46. The zero-order chi connectivity index (χ0) is 13.3. The Kier molecular flexibility index (Phi) is 4.23. The van der Waals surface area contributed by atoms with E-state index in [1.54, 1.807) is 19.1 Å². The van der Waals surface area contributed by atoms with E-state index in [4.69, 9.17) is 11.6 Å². The van der Waals surface area contributed by atoms with Gasteiger partial charge in [0.1, 0.15) is 6.10 Å². The zero-order valence-electron chi connectivity index (χ0n) is 10.1. The summed E-state index contributed by atoms with van der Waals surface area (Å²) in [7, 11) is -3.56. The van der Waals surface area contributed by atoms with Gasteiger partial charge in [-0.3, -0.25) is 0 Å². The van der Waals surface area contributed by atoms with Crippen LogP contribution in [0.1, 0.15) is 30.6 Å². The topological polar surface area (TPSA) is 54.4 Å². The molecule has 1 aromatic rings. The van der Waals surface area contributed by atoms with Gasteiger partial charge < -0.3 is 5.11 Å². The van der Waals surface area contributed by atoms with E-state index in [-0.39, 0.29) is 6.42 Å². The summed E-state index contributed by atoms with van der Waals surface area (Å²) in [6.07, 6.45) is -0.0428. The van der Waals surface area contributed by atoms with Crippen LogP contribution in [0.25, 0.3) is 0 Å². The van der Waals surface area contributed by atoms with Crippen molar-refractivity contribution in [1.29, 1.82) is 0 Å². The zero-order valence-corrected chi connectivity index (χ0v) is 11.7. The summed E-state index contributed by atoms with van der Waals surface area (Å²) in [5.74, 6) is 0. The molecule has 5 heteroatoms. The molecule has 0 saturated carbocycles. The van der Waals surface area contributed by atoms with Gasteiger partial charge in [-0.25, -0.2) is 8.42 Å². The van der Waals surface area contributed by atoms with Gasteiger partial charge in [-0.2, -0.15) is 0 Å². The Balaban J connectivity index is 3.29. The van der Waals surface area contributed by atoms with Gasteiger partial charge in [-0.15, -0.1) is 0 Å². The second kappa shape index (κ2) is 4.96. The summed E-state index contributed by atoms with van der Waals surface area (Å²) in [4.78, 5) is 0. The molecule has 0 bridgehead atoms. The molecule has 3 nitrogen and oxygen atoms in total. The van der Waals surface area contributed by atoms with Crippen LogP contribution in [0.3, 0.4) is 0 Å². The van der Waals surface area contributed by atoms with Gasteiger partial charge in [-0.05, 0) is 24.5 Å². The van der Waals surface area contributed by atoms with E-state index >= 15 is 0 Å². The first-order valence-corrected chi connectivity index (χ1v) is 7.63. The lowest BCUT2D eigenvalue weighted by atomic mass is 9.99. The van der Waals surface area contributed by atoms with Gasteiger partial charge in [0, 0.05) is 6.26 Å². The molecule has 0 spiro atoms. The highest BCUT2D eigenvalue weighted by Gasteiger charge is 2.45. The lowest BCUT2D eigenvalue weighted by molar-refractivity contribution is 0.154. The number of benzene rings is 1. The maximum Gasteiger partial charge on any atom is 0.174 e. The molecule has 0 saturated heterocycles. The third-order valence-electron chi connectivity index (χ3n) is 2.99. The van der Waals surface area contributed by atoms with E-state index in [1.807, 2.05) is 19.1 Å². The fraction of sp³-hybridized carbons (Fsp3) is 0.500. The molecule has 1 N–H and O–H groups in total. The summed E-state index contributed by atoms with van der Waals surface area (Å²) >= 11 is 6.12. The van der Waals surface area contributed by atoms with Crippen molar-refractivity contribution in [1.82, 2.24) is 0 Å². The monoisotopic (exact) mass is 276 g/mol. The number of rotatable bonds is 4. The lowest BCUT2D eigenvalue weighted by Gasteiger charge is -2.30. The lowest BCUT2D eigenvalue weighted by Crippen LogP contribution is -2.38. The van der Waals surface area contributed by atoms with Gasteiger partial charge in [0.25, 0.3) is 0 Å². The van der Waals surface area contributed by atoms with Crippen LogP contribution in [-0.4, -0.2) is 24.0 Å². The Morgan fingerprint density at radius 1 is 1.41 bits per heavy atom. The van der Waals surface area contributed by atoms with Crippen LogP contribution < -0.4 is 0 Å². The summed E-state index contributed by atoms with van der Waals surface area (Å²) in [5, 5.41) is 10.2. The van der Waals surface area contributed by atoms with E-state index in [0.29, 0.717) is 5.56 Å². The second-order valence-electron chi connectivity index (χ2n) is 4.17. The van der Waals surface area contributed by atoms with Crippen LogP contribution >= 0.6 is 11.6 Å². The number of sulfone groups is 1. The number of aliphatic hydroxyl groups excluding tert-OH is 1. The minimum Gasteiger partial charge on any atom is -0.385 e. The molecular weight excluding hydrogens is 260 g/mol. The van der Waals surface area contributed by atoms with Crippen LogP contribution in [0.5, 0.6) is 0 Å². The highest BCUT2D eigenvalue weighted by molar-refractivity contribution is 7.93. The molecule has 0 aliphatic rings. The van der Waals surface area contributed by atoms with Gasteiger partial charge in [0.15, 0.2) is 14.0 Å². The number of hydrogen-bond acceptors (Lipinski definition) is 3. The molecule has 0 amide bonds. The van der Waals surface area contributed by atoms with Crippen molar-refractivity contribution in [2.45, 2.75) is 30.6 Å². The average molecular weight is 277 g/mol. The smallest absolute Gasteiger partial charge is 0.174 e. The Bertz CT molecular complexity index is 498. The largest absolute Gasteiger partial charge is 0.385 e. The van der Waals surface area contributed by atoms with Crippen molar-refractivity contribution in [3.63, 3.8) is 0 Å². The Hall–Kier alpha value is -0.580. The molecule has 0 heterocycles. The molecular formula is C12H17ClO3S. The molecule has 0 unspecified atom stereocenters. The van der Waals surface area contributed by atoms with Crippen LogP contribution in [0, 0.1) is 6.92 Å². The van der Waals surface area contributed by atoms with E-state index in [2.05, 4.69) is 0 Å². The van der Waals surface area contributed by atoms with Crippen LogP contribution in [0.4, 0.5) is 0 Å². The summed E-state index contributed by atoms with van der Waals surface area (Å²) < 4.78 is 21.8. The minimum atomic E-state index is -3.56. The summed E-state index contributed by atoms with van der Waals surface area (Å²) in [6, 6.07) is 7.08. The van der Waals surface area contributed by atoms with Crippen molar-refractivity contribution >= 4 is 21.4 Å². The van der Waals surface area contributed by atoms with Crippen molar-refractivity contribution in [3.05, 3.63) is 35.4 Å². The highest BCUT2D eigenvalue weighted by Crippen LogP contribution is 2.40. The Labute approximate surface area is 107 Å². The molecule has 0 fully saturated rings. The number of aliphatic hydroxyl groups is 1. The van der Waals surface area contributed by atoms with Crippen molar-refractivity contribution in [2.24, 2.45) is 0 Å². The van der Waals surface area contributed by atoms with Gasteiger partial charge in [0.05, 0.1) is 0 Å². The minimum absolute atomic E-state index is 0.142. The quantitative estimate of drug-likeness (QED) is 0.860. The molecule has 1 rings (SSSR count). The maximum absolute atomic E-state index is 11.7. The fourth-order valence-electron chi connectivity index (χ4n) is 1.78. The molecule has 1 aromatic carbocycles. The van der Waals surface area contributed by atoms with E-state index in [1.165, 1.54) is 0 Å². The van der Waals surface area contributed by atoms with Crippen molar-refractivity contribution in [3.8, 4) is 0 Å².